The SMILES string of the molecule is CCCC1O[C@@H]2C[C@H]3[C@@H]4CCC5=CC(=O)C=C[C@]5(C)[C@H]4[C@@H](OC)C[C@]3(C)[C@]2(C(=O)CN)O1. The largest absolute Gasteiger partial charge is 0.381 e. The standard InChI is InChI=1S/C26H37NO5/c1-5-6-22-31-21-12-18-17-8-7-15-11-16(28)9-10-24(15,2)23(17)19(30-4)13-25(18,3)26(21,32-22)20(29)14-27/h9-11,17-19,21-23H,5-8,12-14,27H2,1-4H3/t17-,18-,19-,21+,22?,23+,24-,25-,26+/m0/s1. The van der Waals surface area contributed by atoms with Crippen LogP contribution in [-0.2, 0) is 23.8 Å². The van der Waals surface area contributed by atoms with E-state index in [-0.39, 0.29) is 53.9 Å². The highest BCUT2D eigenvalue weighted by Gasteiger charge is 2.75. The first-order valence-electron chi connectivity index (χ1n) is 12.3. The first-order valence-corrected chi connectivity index (χ1v) is 12.3. The highest BCUT2D eigenvalue weighted by atomic mass is 16.7. The van der Waals surface area contributed by atoms with Crippen molar-refractivity contribution in [3.05, 3.63) is 23.8 Å². The molecule has 1 aliphatic heterocycles. The Morgan fingerprint density at radius 1 is 1.34 bits per heavy atom. The van der Waals surface area contributed by atoms with E-state index in [0.717, 1.165) is 38.5 Å². The smallest absolute Gasteiger partial charge is 0.181 e. The van der Waals surface area contributed by atoms with Crippen molar-refractivity contribution in [2.75, 3.05) is 13.7 Å². The molecule has 0 spiro atoms. The van der Waals surface area contributed by atoms with Gasteiger partial charge in [-0.1, -0.05) is 38.8 Å². The quantitative estimate of drug-likeness (QED) is 0.701. The lowest BCUT2D eigenvalue weighted by molar-refractivity contribution is -0.201. The summed E-state index contributed by atoms with van der Waals surface area (Å²) in [5.74, 6) is 0.947. The first-order chi connectivity index (χ1) is 15.2. The molecule has 5 rings (SSSR count). The number of hydrogen-bond acceptors (Lipinski definition) is 6. The van der Waals surface area contributed by atoms with E-state index in [0.29, 0.717) is 5.92 Å². The Hall–Kier alpha value is -1.34. The van der Waals surface area contributed by atoms with Gasteiger partial charge in [-0.3, -0.25) is 9.59 Å². The fourth-order valence-electron chi connectivity index (χ4n) is 8.35. The maximum Gasteiger partial charge on any atom is 0.181 e. The van der Waals surface area contributed by atoms with Crippen LogP contribution in [0.3, 0.4) is 0 Å². The van der Waals surface area contributed by atoms with Gasteiger partial charge in [0.1, 0.15) is 0 Å². The van der Waals surface area contributed by atoms with Gasteiger partial charge >= 0.3 is 0 Å². The van der Waals surface area contributed by atoms with Gasteiger partial charge in [-0.05, 0) is 56.1 Å². The van der Waals surface area contributed by atoms with Crippen LogP contribution in [0.4, 0.5) is 0 Å². The molecule has 0 aromatic carbocycles. The van der Waals surface area contributed by atoms with Gasteiger partial charge in [0.05, 0.1) is 18.8 Å². The molecule has 176 valence electrons. The van der Waals surface area contributed by atoms with Gasteiger partial charge in [-0.25, -0.2) is 0 Å². The minimum absolute atomic E-state index is 0.0369. The zero-order valence-corrected chi connectivity index (χ0v) is 19.8. The molecule has 9 atom stereocenters. The molecule has 0 bridgehead atoms. The molecule has 0 amide bonds. The zero-order chi connectivity index (χ0) is 22.9. The van der Waals surface area contributed by atoms with Crippen LogP contribution in [0.1, 0.15) is 59.3 Å². The van der Waals surface area contributed by atoms with Crippen LogP contribution in [0.15, 0.2) is 23.8 Å². The highest BCUT2D eigenvalue weighted by molar-refractivity contribution is 6.01. The Kier molecular flexibility index (Phi) is 5.32. The number of carbonyl (C=O) groups is 2. The number of allylic oxidation sites excluding steroid dienone is 4. The summed E-state index contributed by atoms with van der Waals surface area (Å²) in [6.45, 7) is 6.54. The van der Waals surface area contributed by atoms with Crippen molar-refractivity contribution in [2.24, 2.45) is 34.3 Å². The van der Waals surface area contributed by atoms with Crippen LogP contribution in [-0.4, -0.2) is 49.3 Å². The number of hydrogen-bond donors (Lipinski definition) is 1. The van der Waals surface area contributed by atoms with Gasteiger partial charge in [0.2, 0.25) is 0 Å². The van der Waals surface area contributed by atoms with Crippen molar-refractivity contribution in [3.63, 3.8) is 0 Å². The Labute approximate surface area is 190 Å². The molecule has 4 fully saturated rings. The number of methoxy groups -OCH3 is 1. The van der Waals surface area contributed by atoms with Gasteiger partial charge in [0.25, 0.3) is 0 Å². The van der Waals surface area contributed by atoms with Crippen LogP contribution in [0.5, 0.6) is 0 Å². The van der Waals surface area contributed by atoms with Crippen LogP contribution in [0.25, 0.3) is 0 Å². The maximum absolute atomic E-state index is 13.5. The summed E-state index contributed by atoms with van der Waals surface area (Å²) in [5, 5.41) is 0. The van der Waals surface area contributed by atoms with Crippen molar-refractivity contribution >= 4 is 11.6 Å². The molecule has 4 aliphatic carbocycles. The third kappa shape index (κ3) is 2.73. The molecule has 2 N–H and O–H groups in total. The minimum atomic E-state index is -0.997. The Balaban J connectivity index is 1.58. The summed E-state index contributed by atoms with van der Waals surface area (Å²) in [6, 6.07) is 0. The van der Waals surface area contributed by atoms with E-state index in [1.54, 1.807) is 13.2 Å². The van der Waals surface area contributed by atoms with Gasteiger partial charge in [-0.15, -0.1) is 0 Å². The summed E-state index contributed by atoms with van der Waals surface area (Å²) in [4.78, 5) is 25.6. The van der Waals surface area contributed by atoms with E-state index in [1.165, 1.54) is 5.57 Å². The fourth-order valence-corrected chi connectivity index (χ4v) is 8.35. The second-order valence-corrected chi connectivity index (χ2v) is 11.0. The molecule has 0 aromatic rings. The highest BCUT2D eigenvalue weighted by Crippen LogP contribution is 2.70. The van der Waals surface area contributed by atoms with Gasteiger partial charge in [-0.2, -0.15) is 0 Å². The third-order valence-corrected chi connectivity index (χ3v) is 9.69. The lowest BCUT2D eigenvalue weighted by Gasteiger charge is -2.60. The van der Waals surface area contributed by atoms with Crippen LogP contribution >= 0.6 is 0 Å². The molecular weight excluding hydrogens is 406 g/mol. The number of carbonyl (C=O) groups excluding carboxylic acids is 2. The van der Waals surface area contributed by atoms with Gasteiger partial charge < -0.3 is 19.9 Å². The second kappa shape index (κ2) is 7.59. The number of nitrogens with two attached hydrogens (primary N) is 1. The Morgan fingerprint density at radius 2 is 2.12 bits per heavy atom. The van der Waals surface area contributed by atoms with Crippen LogP contribution in [0.2, 0.25) is 0 Å². The van der Waals surface area contributed by atoms with Crippen molar-refractivity contribution in [2.45, 2.75) is 83.4 Å². The molecule has 0 aromatic heterocycles. The molecule has 1 saturated heterocycles. The van der Waals surface area contributed by atoms with E-state index >= 15 is 0 Å². The summed E-state index contributed by atoms with van der Waals surface area (Å²) >= 11 is 0. The zero-order valence-electron chi connectivity index (χ0n) is 19.8. The molecule has 32 heavy (non-hydrogen) atoms. The van der Waals surface area contributed by atoms with Crippen LogP contribution in [0, 0.1) is 28.6 Å². The lowest BCUT2D eigenvalue weighted by atomic mass is 9.46. The number of ether oxygens (including phenoxy) is 3. The van der Waals surface area contributed by atoms with E-state index in [4.69, 9.17) is 19.9 Å². The number of ketones is 2. The molecular formula is C26H37NO5. The molecule has 1 unspecified atom stereocenters. The predicted octanol–water partition coefficient (Wildman–Crippen LogP) is 3.34. The summed E-state index contributed by atoms with van der Waals surface area (Å²) < 4.78 is 19.1. The normalized spacial score (nSPS) is 49.2. The average molecular weight is 444 g/mol. The Morgan fingerprint density at radius 3 is 2.81 bits per heavy atom. The third-order valence-electron chi connectivity index (χ3n) is 9.69. The van der Waals surface area contributed by atoms with E-state index in [2.05, 4.69) is 26.8 Å². The topological polar surface area (TPSA) is 87.9 Å². The average Bonchev–Trinajstić information content (AvgIpc) is 3.25. The van der Waals surface area contributed by atoms with Crippen molar-refractivity contribution < 1.29 is 23.8 Å². The molecule has 5 aliphatic rings. The number of fused-ring (bicyclic) bond motifs is 7. The maximum atomic E-state index is 13.5. The second-order valence-electron chi connectivity index (χ2n) is 11.0. The Bertz CT molecular complexity index is 881. The molecule has 6 heteroatoms. The summed E-state index contributed by atoms with van der Waals surface area (Å²) in [6.07, 6.45) is 10.2. The predicted molar refractivity (Wildman–Crippen MR) is 120 cm³/mol. The monoisotopic (exact) mass is 443 g/mol. The van der Waals surface area contributed by atoms with Crippen molar-refractivity contribution in [1.82, 2.24) is 0 Å². The molecule has 1 heterocycles. The first kappa shape index (κ1) is 22.5. The fraction of sp³-hybridized carbons (Fsp3) is 0.769. The van der Waals surface area contributed by atoms with Crippen molar-refractivity contribution in [3.8, 4) is 0 Å². The van der Waals surface area contributed by atoms with E-state index in [1.807, 2.05) is 6.08 Å². The van der Waals surface area contributed by atoms with Crippen molar-refractivity contribution in [1.29, 1.82) is 0 Å². The molecule has 0 radical (unpaired) electrons. The van der Waals surface area contributed by atoms with Crippen LogP contribution < -0.4 is 5.73 Å². The van der Waals surface area contributed by atoms with Gasteiger partial charge in [0.15, 0.2) is 23.5 Å². The van der Waals surface area contributed by atoms with E-state index in [9.17, 15) is 9.59 Å². The molecule has 3 saturated carbocycles. The van der Waals surface area contributed by atoms with Gasteiger partial charge in [0, 0.05) is 23.9 Å². The minimum Gasteiger partial charge on any atom is -0.381 e. The molecule has 6 nitrogen and oxygen atoms in total. The summed E-state index contributed by atoms with van der Waals surface area (Å²) in [7, 11) is 1.78. The lowest BCUT2D eigenvalue weighted by Crippen LogP contribution is -2.64. The summed E-state index contributed by atoms with van der Waals surface area (Å²) in [5.41, 5.74) is 5.58. The number of Topliss-reactive ketones (excluding diaryl/α,β-unsaturated/α-hetero) is 1. The van der Waals surface area contributed by atoms with E-state index < -0.39 is 11.0 Å². The number of rotatable bonds is 5.